The third-order valence-electron chi connectivity index (χ3n) is 2.71. The summed E-state index contributed by atoms with van der Waals surface area (Å²) in [5.41, 5.74) is 0. The number of nitrogens with zero attached hydrogens (tertiary/aromatic N) is 2. The number of piperazine rings is 1. The second kappa shape index (κ2) is 6.75. The van der Waals surface area contributed by atoms with Gasteiger partial charge < -0.3 is 10.2 Å². The lowest BCUT2D eigenvalue weighted by atomic mass is 10.2. The number of hydrogen-bond acceptors (Lipinski definition) is 3. The first-order chi connectivity index (χ1) is 7.63. The van der Waals surface area contributed by atoms with E-state index in [9.17, 15) is 13.6 Å². The summed E-state index contributed by atoms with van der Waals surface area (Å²) < 4.78 is 24.2. The number of hydrogen-bond donors (Lipinski definition) is 1. The van der Waals surface area contributed by atoms with Crippen molar-refractivity contribution in [3.05, 3.63) is 0 Å². The normalized spacial score (nSPS) is 18.1. The smallest absolute Gasteiger partial charge is 0.251 e. The first-order valence-corrected chi connectivity index (χ1v) is 5.56. The largest absolute Gasteiger partial charge is 0.340 e. The van der Waals surface area contributed by atoms with Crippen molar-refractivity contribution in [2.75, 3.05) is 46.3 Å². The minimum atomic E-state index is -2.29. The van der Waals surface area contributed by atoms with Gasteiger partial charge >= 0.3 is 0 Å². The number of nitrogens with one attached hydrogen (secondary N) is 1. The molecular formula is C10H19F2N3O. The second-order valence-corrected chi connectivity index (χ2v) is 3.93. The minimum Gasteiger partial charge on any atom is -0.340 e. The van der Waals surface area contributed by atoms with E-state index in [1.165, 1.54) is 0 Å². The Bertz CT molecular complexity index is 218. The van der Waals surface area contributed by atoms with Crippen molar-refractivity contribution in [1.29, 1.82) is 0 Å². The molecule has 1 aliphatic heterocycles. The van der Waals surface area contributed by atoms with E-state index in [1.54, 1.807) is 16.8 Å². The summed E-state index contributed by atoms with van der Waals surface area (Å²) in [6.45, 7) is 2.71. The molecule has 94 valence electrons. The maximum Gasteiger partial charge on any atom is 0.251 e. The molecule has 0 spiro atoms. The van der Waals surface area contributed by atoms with Crippen molar-refractivity contribution >= 4 is 5.91 Å². The Kier molecular flexibility index (Phi) is 5.62. The van der Waals surface area contributed by atoms with Crippen LogP contribution in [0.4, 0.5) is 8.78 Å². The van der Waals surface area contributed by atoms with Crippen LogP contribution < -0.4 is 5.32 Å². The maximum absolute atomic E-state index is 12.1. The number of amides is 1. The van der Waals surface area contributed by atoms with E-state index >= 15 is 0 Å². The highest BCUT2D eigenvalue weighted by Crippen LogP contribution is 2.06. The van der Waals surface area contributed by atoms with Crippen LogP contribution in [-0.2, 0) is 4.79 Å². The van der Waals surface area contributed by atoms with Gasteiger partial charge in [-0.05, 0) is 7.05 Å². The average molecular weight is 235 g/mol. The molecule has 1 rings (SSSR count). The van der Waals surface area contributed by atoms with Gasteiger partial charge in [0.15, 0.2) is 0 Å². The fourth-order valence-corrected chi connectivity index (χ4v) is 1.77. The van der Waals surface area contributed by atoms with E-state index in [-0.39, 0.29) is 12.5 Å². The molecule has 1 N–H and O–H groups in total. The lowest BCUT2D eigenvalue weighted by Crippen LogP contribution is -2.50. The van der Waals surface area contributed by atoms with E-state index in [4.69, 9.17) is 0 Å². The lowest BCUT2D eigenvalue weighted by Gasteiger charge is -2.34. The van der Waals surface area contributed by atoms with Gasteiger partial charge in [0.1, 0.15) is 0 Å². The Balaban J connectivity index is 2.23. The summed E-state index contributed by atoms with van der Waals surface area (Å²) in [6.07, 6.45) is -1.81. The molecule has 0 aliphatic carbocycles. The SMILES string of the molecule is CNCCC(=O)N1CCN(CC(F)F)CC1. The van der Waals surface area contributed by atoms with Crippen LogP contribution in [0.25, 0.3) is 0 Å². The molecule has 0 radical (unpaired) electrons. The first kappa shape index (κ1) is 13.3. The monoisotopic (exact) mass is 235 g/mol. The lowest BCUT2D eigenvalue weighted by molar-refractivity contribution is -0.133. The number of carbonyl (C=O) groups is 1. The number of rotatable bonds is 5. The molecule has 1 amide bonds. The summed E-state index contributed by atoms with van der Waals surface area (Å²) in [5.74, 6) is 0.103. The van der Waals surface area contributed by atoms with Crippen LogP contribution in [-0.4, -0.2) is 68.4 Å². The molecule has 0 aromatic rings. The van der Waals surface area contributed by atoms with Crippen LogP contribution in [0.15, 0.2) is 0 Å². The molecule has 1 aliphatic rings. The molecule has 1 heterocycles. The van der Waals surface area contributed by atoms with Gasteiger partial charge in [-0.1, -0.05) is 0 Å². The molecule has 0 saturated carbocycles. The molecule has 0 bridgehead atoms. The van der Waals surface area contributed by atoms with E-state index in [0.717, 1.165) is 0 Å². The van der Waals surface area contributed by atoms with Gasteiger partial charge in [-0.3, -0.25) is 9.69 Å². The quantitative estimate of drug-likeness (QED) is 0.729. The van der Waals surface area contributed by atoms with E-state index < -0.39 is 6.43 Å². The maximum atomic E-state index is 12.1. The van der Waals surface area contributed by atoms with Crippen LogP contribution in [0.2, 0.25) is 0 Å². The first-order valence-electron chi connectivity index (χ1n) is 5.56. The summed E-state index contributed by atoms with van der Waals surface area (Å²) >= 11 is 0. The van der Waals surface area contributed by atoms with E-state index in [2.05, 4.69) is 5.32 Å². The van der Waals surface area contributed by atoms with Crippen LogP contribution >= 0.6 is 0 Å². The van der Waals surface area contributed by atoms with E-state index in [0.29, 0.717) is 39.1 Å². The molecular weight excluding hydrogens is 216 g/mol. The molecule has 16 heavy (non-hydrogen) atoms. The standard InChI is InChI=1S/C10H19F2N3O/c1-13-3-2-10(16)15-6-4-14(5-7-15)8-9(11)12/h9,13H,2-8H2,1H3. The summed E-state index contributed by atoms with van der Waals surface area (Å²) in [7, 11) is 1.80. The average Bonchev–Trinajstić information content (AvgIpc) is 2.26. The molecule has 0 unspecified atom stereocenters. The van der Waals surface area contributed by atoms with Crippen LogP contribution in [0, 0.1) is 0 Å². The van der Waals surface area contributed by atoms with Crippen molar-refractivity contribution in [3.63, 3.8) is 0 Å². The van der Waals surface area contributed by atoms with E-state index in [1.807, 2.05) is 0 Å². The molecule has 4 nitrogen and oxygen atoms in total. The van der Waals surface area contributed by atoms with Crippen molar-refractivity contribution < 1.29 is 13.6 Å². The Morgan fingerprint density at radius 3 is 2.44 bits per heavy atom. The Morgan fingerprint density at radius 1 is 1.31 bits per heavy atom. The number of alkyl halides is 2. The van der Waals surface area contributed by atoms with Crippen LogP contribution in [0.5, 0.6) is 0 Å². The predicted octanol–water partition coefficient (Wildman–Crippen LogP) is 0.00520. The highest BCUT2D eigenvalue weighted by molar-refractivity contribution is 5.76. The number of carbonyl (C=O) groups excluding carboxylic acids is 1. The van der Waals surface area contributed by atoms with Crippen molar-refractivity contribution in [1.82, 2.24) is 15.1 Å². The zero-order chi connectivity index (χ0) is 12.0. The Labute approximate surface area is 94.6 Å². The molecule has 0 aromatic carbocycles. The van der Waals surface area contributed by atoms with Gasteiger partial charge in [0.25, 0.3) is 6.43 Å². The van der Waals surface area contributed by atoms with Gasteiger partial charge in [0.05, 0.1) is 6.54 Å². The van der Waals surface area contributed by atoms with Gasteiger partial charge in [0, 0.05) is 39.1 Å². The van der Waals surface area contributed by atoms with Gasteiger partial charge in [0.2, 0.25) is 5.91 Å². The minimum absolute atomic E-state index is 0.103. The highest BCUT2D eigenvalue weighted by atomic mass is 19.3. The topological polar surface area (TPSA) is 35.6 Å². The van der Waals surface area contributed by atoms with Gasteiger partial charge in [-0.15, -0.1) is 0 Å². The van der Waals surface area contributed by atoms with Crippen molar-refractivity contribution in [2.45, 2.75) is 12.8 Å². The Hall–Kier alpha value is -0.750. The summed E-state index contributed by atoms with van der Waals surface area (Å²) in [5, 5.41) is 2.92. The molecule has 1 fully saturated rings. The summed E-state index contributed by atoms with van der Waals surface area (Å²) in [6, 6.07) is 0. The Morgan fingerprint density at radius 2 is 1.94 bits per heavy atom. The second-order valence-electron chi connectivity index (χ2n) is 3.93. The third kappa shape index (κ3) is 4.40. The predicted molar refractivity (Wildman–Crippen MR) is 57.6 cm³/mol. The number of halogens is 2. The molecule has 1 saturated heterocycles. The summed E-state index contributed by atoms with van der Waals surface area (Å²) in [4.78, 5) is 15.1. The third-order valence-corrected chi connectivity index (χ3v) is 2.71. The fraction of sp³-hybridized carbons (Fsp3) is 0.900. The van der Waals surface area contributed by atoms with Crippen LogP contribution in [0.3, 0.4) is 0 Å². The molecule has 6 heteroatoms. The fourth-order valence-electron chi connectivity index (χ4n) is 1.77. The van der Waals surface area contributed by atoms with Crippen LogP contribution in [0.1, 0.15) is 6.42 Å². The zero-order valence-corrected chi connectivity index (χ0v) is 9.59. The molecule has 0 aromatic heterocycles. The zero-order valence-electron chi connectivity index (χ0n) is 9.59. The highest BCUT2D eigenvalue weighted by Gasteiger charge is 2.22. The van der Waals surface area contributed by atoms with Gasteiger partial charge in [-0.2, -0.15) is 0 Å². The van der Waals surface area contributed by atoms with Gasteiger partial charge in [-0.25, -0.2) is 8.78 Å². The van der Waals surface area contributed by atoms with Crippen molar-refractivity contribution in [3.8, 4) is 0 Å². The van der Waals surface area contributed by atoms with Crippen molar-refractivity contribution in [2.24, 2.45) is 0 Å². The molecule has 0 atom stereocenters.